The van der Waals surface area contributed by atoms with Crippen LogP contribution in [0, 0.1) is 0 Å². The van der Waals surface area contributed by atoms with Crippen molar-refractivity contribution in [2.24, 2.45) is 0 Å². The number of fused-ring (bicyclic) bond motifs is 1. The molecule has 0 amide bonds. The van der Waals surface area contributed by atoms with Crippen LogP contribution in [0.15, 0.2) is 18.2 Å². The second-order valence-corrected chi connectivity index (χ2v) is 5.29. The molecule has 0 unspecified atom stereocenters. The van der Waals surface area contributed by atoms with Crippen LogP contribution >= 0.6 is 11.6 Å². The zero-order valence-corrected chi connectivity index (χ0v) is 11.3. The average molecular weight is 267 g/mol. The van der Waals surface area contributed by atoms with E-state index in [2.05, 4.69) is 9.97 Å². The van der Waals surface area contributed by atoms with Crippen molar-refractivity contribution in [2.75, 3.05) is 0 Å². The Morgan fingerprint density at radius 1 is 1.44 bits per heavy atom. The third-order valence-corrected chi connectivity index (χ3v) is 2.57. The highest BCUT2D eigenvalue weighted by Crippen LogP contribution is 2.20. The Balaban J connectivity index is 2.44. The first kappa shape index (κ1) is 12.9. The van der Waals surface area contributed by atoms with Gasteiger partial charge in [0.05, 0.1) is 22.5 Å². The number of ether oxygens (including phenoxy) is 1. The number of carbonyl (C=O) groups excluding carboxylic acids is 1. The Bertz CT molecular complexity index is 584. The average Bonchev–Trinajstić information content (AvgIpc) is 2.68. The summed E-state index contributed by atoms with van der Waals surface area (Å²) in [6.45, 7) is 5.51. The number of carbonyl (C=O) groups is 1. The lowest BCUT2D eigenvalue weighted by Crippen LogP contribution is -2.24. The molecule has 2 rings (SSSR count). The van der Waals surface area contributed by atoms with E-state index in [9.17, 15) is 4.79 Å². The number of H-pyrrole nitrogens is 1. The van der Waals surface area contributed by atoms with Gasteiger partial charge in [0, 0.05) is 0 Å². The number of esters is 1. The molecule has 0 aliphatic heterocycles. The number of imidazole rings is 1. The van der Waals surface area contributed by atoms with Gasteiger partial charge in [-0.15, -0.1) is 11.6 Å². The van der Waals surface area contributed by atoms with Gasteiger partial charge in [0.15, 0.2) is 0 Å². The third kappa shape index (κ3) is 2.64. The number of aromatic nitrogens is 2. The van der Waals surface area contributed by atoms with Crippen LogP contribution in [0.3, 0.4) is 0 Å². The largest absolute Gasteiger partial charge is 0.456 e. The minimum Gasteiger partial charge on any atom is -0.456 e. The molecule has 1 aromatic heterocycles. The molecule has 2 aromatic rings. The Morgan fingerprint density at radius 2 is 2.17 bits per heavy atom. The van der Waals surface area contributed by atoms with Crippen molar-refractivity contribution >= 4 is 28.6 Å². The van der Waals surface area contributed by atoms with Crippen molar-refractivity contribution in [1.29, 1.82) is 0 Å². The van der Waals surface area contributed by atoms with Gasteiger partial charge >= 0.3 is 5.97 Å². The number of rotatable bonds is 2. The van der Waals surface area contributed by atoms with Crippen LogP contribution < -0.4 is 0 Å². The number of alkyl halides is 1. The van der Waals surface area contributed by atoms with Crippen LogP contribution in [0.2, 0.25) is 0 Å². The number of aromatic amines is 1. The van der Waals surface area contributed by atoms with Gasteiger partial charge in [0.1, 0.15) is 11.4 Å². The first-order chi connectivity index (χ1) is 8.40. The van der Waals surface area contributed by atoms with Gasteiger partial charge in [0.25, 0.3) is 0 Å². The highest BCUT2D eigenvalue weighted by Gasteiger charge is 2.20. The van der Waals surface area contributed by atoms with Crippen molar-refractivity contribution in [1.82, 2.24) is 9.97 Å². The molecule has 1 aromatic carbocycles. The van der Waals surface area contributed by atoms with E-state index in [1.165, 1.54) is 0 Å². The molecule has 0 bridgehead atoms. The molecule has 18 heavy (non-hydrogen) atoms. The van der Waals surface area contributed by atoms with E-state index in [0.29, 0.717) is 22.4 Å². The van der Waals surface area contributed by atoms with E-state index in [0.717, 1.165) is 0 Å². The number of para-hydroxylation sites is 1. The lowest BCUT2D eigenvalue weighted by Gasteiger charge is -2.19. The Labute approximate surface area is 110 Å². The molecule has 0 fully saturated rings. The van der Waals surface area contributed by atoms with E-state index >= 15 is 0 Å². The summed E-state index contributed by atoms with van der Waals surface area (Å²) in [7, 11) is 0. The van der Waals surface area contributed by atoms with E-state index in [1.54, 1.807) is 12.1 Å². The number of nitrogens with one attached hydrogen (secondary N) is 1. The van der Waals surface area contributed by atoms with E-state index in [4.69, 9.17) is 16.3 Å². The van der Waals surface area contributed by atoms with E-state index in [-0.39, 0.29) is 11.8 Å². The van der Waals surface area contributed by atoms with Crippen LogP contribution in [-0.2, 0) is 10.6 Å². The lowest BCUT2D eigenvalue weighted by molar-refractivity contribution is 0.00717. The van der Waals surface area contributed by atoms with Crippen molar-refractivity contribution < 1.29 is 9.53 Å². The number of hydrogen-bond donors (Lipinski definition) is 1. The number of benzene rings is 1. The van der Waals surface area contributed by atoms with Gasteiger partial charge in [-0.05, 0) is 32.9 Å². The lowest BCUT2D eigenvalue weighted by atomic mass is 10.1. The van der Waals surface area contributed by atoms with Gasteiger partial charge < -0.3 is 9.72 Å². The molecule has 0 spiro atoms. The summed E-state index contributed by atoms with van der Waals surface area (Å²) in [5.74, 6) is 0.558. The zero-order chi connectivity index (χ0) is 13.3. The Kier molecular flexibility index (Phi) is 3.30. The molecule has 0 saturated carbocycles. The summed E-state index contributed by atoms with van der Waals surface area (Å²) in [6.07, 6.45) is 0. The maximum Gasteiger partial charge on any atom is 0.340 e. The SMILES string of the molecule is CC(C)(C)OC(=O)c1cccc2nc(CCl)[nH]c12. The molecule has 0 atom stereocenters. The normalized spacial score (nSPS) is 11.8. The fourth-order valence-electron chi connectivity index (χ4n) is 1.65. The summed E-state index contributed by atoms with van der Waals surface area (Å²) in [6, 6.07) is 5.32. The molecule has 1 N–H and O–H groups in total. The molecule has 5 heteroatoms. The minimum atomic E-state index is -0.519. The molecule has 4 nitrogen and oxygen atoms in total. The second-order valence-electron chi connectivity index (χ2n) is 5.02. The zero-order valence-electron chi connectivity index (χ0n) is 10.6. The Hall–Kier alpha value is -1.55. The van der Waals surface area contributed by atoms with E-state index < -0.39 is 5.60 Å². The Morgan fingerprint density at radius 3 is 2.78 bits per heavy atom. The quantitative estimate of drug-likeness (QED) is 0.670. The summed E-state index contributed by atoms with van der Waals surface area (Å²) in [5.41, 5.74) is 1.34. The summed E-state index contributed by atoms with van der Waals surface area (Å²) >= 11 is 5.73. The molecule has 0 radical (unpaired) electrons. The number of nitrogens with zero attached hydrogens (tertiary/aromatic N) is 1. The fraction of sp³-hybridized carbons (Fsp3) is 0.385. The van der Waals surface area contributed by atoms with Gasteiger partial charge in [-0.25, -0.2) is 9.78 Å². The van der Waals surface area contributed by atoms with Crippen molar-refractivity contribution in [3.05, 3.63) is 29.6 Å². The van der Waals surface area contributed by atoms with Gasteiger partial charge in [-0.3, -0.25) is 0 Å². The monoisotopic (exact) mass is 266 g/mol. The molecule has 0 saturated heterocycles. The molecule has 0 aliphatic rings. The summed E-state index contributed by atoms with van der Waals surface area (Å²) in [5, 5.41) is 0. The summed E-state index contributed by atoms with van der Waals surface area (Å²) < 4.78 is 5.36. The standard InChI is InChI=1S/C13H15ClN2O2/c1-13(2,3)18-12(17)8-5-4-6-9-11(8)16-10(7-14)15-9/h4-6H,7H2,1-3H3,(H,15,16). The smallest absolute Gasteiger partial charge is 0.340 e. The van der Waals surface area contributed by atoms with E-state index in [1.807, 2.05) is 26.8 Å². The third-order valence-electron chi connectivity index (χ3n) is 2.31. The highest BCUT2D eigenvalue weighted by molar-refractivity contribution is 6.17. The van der Waals surface area contributed by atoms with Crippen LogP contribution in [0.1, 0.15) is 37.0 Å². The van der Waals surface area contributed by atoms with Gasteiger partial charge in [0.2, 0.25) is 0 Å². The maximum absolute atomic E-state index is 12.1. The van der Waals surface area contributed by atoms with Gasteiger partial charge in [-0.2, -0.15) is 0 Å². The van der Waals surface area contributed by atoms with Gasteiger partial charge in [-0.1, -0.05) is 6.07 Å². The second kappa shape index (κ2) is 4.61. The topological polar surface area (TPSA) is 55.0 Å². The van der Waals surface area contributed by atoms with Crippen LogP contribution in [0.5, 0.6) is 0 Å². The van der Waals surface area contributed by atoms with Crippen LogP contribution in [0.4, 0.5) is 0 Å². The molecular formula is C13H15ClN2O2. The van der Waals surface area contributed by atoms with Crippen LogP contribution in [0.25, 0.3) is 11.0 Å². The first-order valence-corrected chi connectivity index (χ1v) is 6.21. The summed E-state index contributed by atoms with van der Waals surface area (Å²) in [4.78, 5) is 19.4. The molecule has 1 heterocycles. The number of halogens is 1. The highest BCUT2D eigenvalue weighted by atomic mass is 35.5. The number of hydrogen-bond acceptors (Lipinski definition) is 3. The molecule has 0 aliphatic carbocycles. The maximum atomic E-state index is 12.1. The predicted molar refractivity (Wildman–Crippen MR) is 70.8 cm³/mol. The van der Waals surface area contributed by atoms with Crippen molar-refractivity contribution in [2.45, 2.75) is 32.3 Å². The fourth-order valence-corrected chi connectivity index (χ4v) is 1.78. The van der Waals surface area contributed by atoms with Crippen LogP contribution in [-0.4, -0.2) is 21.5 Å². The molecule has 96 valence electrons. The van der Waals surface area contributed by atoms with Crippen molar-refractivity contribution in [3.63, 3.8) is 0 Å². The van der Waals surface area contributed by atoms with Crippen molar-refractivity contribution in [3.8, 4) is 0 Å². The first-order valence-electron chi connectivity index (χ1n) is 5.67. The molecular weight excluding hydrogens is 252 g/mol. The predicted octanol–water partition coefficient (Wildman–Crippen LogP) is 3.26. The minimum absolute atomic E-state index is 0.280.